The van der Waals surface area contributed by atoms with E-state index in [1.54, 1.807) is 0 Å². The van der Waals surface area contributed by atoms with Crippen molar-refractivity contribution >= 4 is 27.4 Å². The quantitative estimate of drug-likeness (QED) is 0.799. The van der Waals surface area contributed by atoms with Crippen LogP contribution in [0.2, 0.25) is 5.28 Å². The van der Waals surface area contributed by atoms with Gasteiger partial charge in [-0.15, -0.1) is 0 Å². The lowest BCUT2D eigenvalue weighted by Gasteiger charge is -2.11. The maximum Gasteiger partial charge on any atom is 0.224 e. The third-order valence-electron chi connectivity index (χ3n) is 1.92. The molecule has 9 heteroatoms. The molecule has 96 valence electrons. The van der Waals surface area contributed by atoms with E-state index in [1.165, 1.54) is 14.1 Å². The lowest BCUT2D eigenvalue weighted by molar-refractivity contribution is 0.521. The van der Waals surface area contributed by atoms with Gasteiger partial charge in [-0.05, 0) is 11.6 Å². The third kappa shape index (κ3) is 4.06. The average Bonchev–Trinajstić information content (AvgIpc) is 2.22. The van der Waals surface area contributed by atoms with Gasteiger partial charge < -0.3 is 5.32 Å². The van der Waals surface area contributed by atoms with E-state index in [-0.39, 0.29) is 23.4 Å². The highest BCUT2D eigenvalue weighted by atomic mass is 35.5. The minimum absolute atomic E-state index is 0.0325. The highest BCUT2D eigenvalue weighted by Gasteiger charge is 2.13. The van der Waals surface area contributed by atoms with Crippen molar-refractivity contribution in [2.75, 3.05) is 31.7 Å². The molecule has 0 bridgehead atoms. The van der Waals surface area contributed by atoms with Crippen LogP contribution in [0.1, 0.15) is 0 Å². The van der Waals surface area contributed by atoms with Crippen LogP contribution in [0.5, 0.6) is 0 Å². The Bertz CT molecular complexity index is 494. The van der Waals surface area contributed by atoms with E-state index in [4.69, 9.17) is 11.6 Å². The second-order valence-electron chi connectivity index (χ2n) is 3.36. The molecular weight excluding hydrogens is 271 g/mol. The largest absolute Gasteiger partial charge is 0.366 e. The van der Waals surface area contributed by atoms with Crippen LogP contribution in [-0.4, -0.2) is 49.1 Å². The summed E-state index contributed by atoms with van der Waals surface area (Å²) in [6.07, 6.45) is 0.915. The fraction of sp³-hybridized carbons (Fsp3) is 0.500. The van der Waals surface area contributed by atoms with Crippen LogP contribution in [-0.2, 0) is 10.0 Å². The van der Waals surface area contributed by atoms with Crippen molar-refractivity contribution in [2.45, 2.75) is 0 Å². The van der Waals surface area contributed by atoms with E-state index in [2.05, 4.69) is 15.3 Å². The molecule has 17 heavy (non-hydrogen) atoms. The first-order valence-electron chi connectivity index (χ1n) is 4.65. The Morgan fingerprint density at radius 2 is 2.18 bits per heavy atom. The van der Waals surface area contributed by atoms with Crippen molar-refractivity contribution in [3.63, 3.8) is 0 Å². The summed E-state index contributed by atoms with van der Waals surface area (Å²) >= 11 is 5.48. The van der Waals surface area contributed by atoms with Gasteiger partial charge in [0.1, 0.15) is 0 Å². The molecule has 0 aromatic carbocycles. The van der Waals surface area contributed by atoms with Crippen molar-refractivity contribution < 1.29 is 12.8 Å². The minimum atomic E-state index is -3.32. The number of hydrogen-bond acceptors (Lipinski definition) is 5. The molecule has 0 saturated carbocycles. The molecule has 1 aromatic heterocycles. The van der Waals surface area contributed by atoms with Crippen LogP contribution in [0.3, 0.4) is 0 Å². The van der Waals surface area contributed by atoms with Crippen LogP contribution in [0.25, 0.3) is 0 Å². The first-order valence-corrected chi connectivity index (χ1v) is 6.64. The van der Waals surface area contributed by atoms with E-state index in [0.717, 1.165) is 10.5 Å². The molecule has 1 N–H and O–H groups in total. The van der Waals surface area contributed by atoms with E-state index in [0.29, 0.717) is 0 Å². The van der Waals surface area contributed by atoms with Crippen molar-refractivity contribution in [2.24, 2.45) is 0 Å². The molecule has 0 aliphatic heterocycles. The van der Waals surface area contributed by atoms with Gasteiger partial charge in [0.05, 0.1) is 11.9 Å². The topological polar surface area (TPSA) is 75.2 Å². The number of aromatic nitrogens is 2. The minimum Gasteiger partial charge on any atom is -0.366 e. The average molecular weight is 283 g/mol. The van der Waals surface area contributed by atoms with E-state index in [9.17, 15) is 12.8 Å². The predicted octanol–water partition coefficient (Wildman–Crippen LogP) is 0.572. The van der Waals surface area contributed by atoms with E-state index >= 15 is 0 Å². The Morgan fingerprint density at radius 1 is 1.53 bits per heavy atom. The lowest BCUT2D eigenvalue weighted by atomic mass is 10.5. The van der Waals surface area contributed by atoms with Gasteiger partial charge in [0.25, 0.3) is 0 Å². The smallest absolute Gasteiger partial charge is 0.224 e. The van der Waals surface area contributed by atoms with E-state index in [1.807, 2.05) is 0 Å². The van der Waals surface area contributed by atoms with Gasteiger partial charge in [-0.2, -0.15) is 4.98 Å². The Morgan fingerprint density at radius 3 is 2.76 bits per heavy atom. The number of nitrogens with one attached hydrogen (secondary N) is 1. The predicted molar refractivity (Wildman–Crippen MR) is 63.0 cm³/mol. The van der Waals surface area contributed by atoms with Gasteiger partial charge in [-0.3, -0.25) is 0 Å². The van der Waals surface area contributed by atoms with Crippen LogP contribution >= 0.6 is 11.6 Å². The number of nitrogens with zero attached hydrogens (tertiary/aromatic N) is 3. The molecule has 0 amide bonds. The highest BCUT2D eigenvalue weighted by Crippen LogP contribution is 2.11. The second-order valence-corrected chi connectivity index (χ2v) is 6.00. The van der Waals surface area contributed by atoms with Crippen LogP contribution in [0, 0.1) is 5.82 Å². The SMILES string of the molecule is CN(C)S(=O)(=O)CCNc1nc(Cl)ncc1F. The van der Waals surface area contributed by atoms with Crippen molar-refractivity contribution in [1.29, 1.82) is 0 Å². The summed E-state index contributed by atoms with van der Waals surface area (Å²) in [6, 6.07) is 0. The van der Waals surface area contributed by atoms with Crippen LogP contribution in [0.15, 0.2) is 6.20 Å². The van der Waals surface area contributed by atoms with Gasteiger partial charge in [0.15, 0.2) is 11.6 Å². The highest BCUT2D eigenvalue weighted by molar-refractivity contribution is 7.89. The molecule has 0 fully saturated rings. The molecule has 0 aliphatic rings. The summed E-state index contributed by atoms with van der Waals surface area (Å²) in [7, 11) is -0.463. The standard InChI is InChI=1S/C8H12ClFN4O2S/c1-14(2)17(15,16)4-3-11-7-6(10)5-12-8(9)13-7/h5H,3-4H2,1-2H3,(H,11,12,13). The molecule has 0 aliphatic carbocycles. The maximum atomic E-state index is 13.1. The summed E-state index contributed by atoms with van der Waals surface area (Å²) in [5, 5.41) is 2.44. The fourth-order valence-electron chi connectivity index (χ4n) is 0.951. The zero-order valence-corrected chi connectivity index (χ0v) is 10.9. The molecule has 1 heterocycles. The molecular formula is C8H12ClFN4O2S. The van der Waals surface area contributed by atoms with Gasteiger partial charge in [0, 0.05) is 20.6 Å². The van der Waals surface area contributed by atoms with Crippen LogP contribution in [0.4, 0.5) is 10.2 Å². The Hall–Kier alpha value is -0.990. The second kappa shape index (κ2) is 5.56. The van der Waals surface area contributed by atoms with E-state index < -0.39 is 15.8 Å². The normalized spacial score (nSPS) is 11.8. The molecule has 0 radical (unpaired) electrons. The van der Waals surface area contributed by atoms with Crippen molar-refractivity contribution in [3.05, 3.63) is 17.3 Å². The summed E-state index contributed by atoms with van der Waals surface area (Å²) < 4.78 is 37.0. The van der Waals surface area contributed by atoms with Gasteiger partial charge in [0.2, 0.25) is 15.3 Å². The summed E-state index contributed by atoms with van der Waals surface area (Å²) in [4.78, 5) is 7.03. The summed E-state index contributed by atoms with van der Waals surface area (Å²) in [5.41, 5.74) is 0. The fourth-order valence-corrected chi connectivity index (χ4v) is 1.81. The summed E-state index contributed by atoms with van der Waals surface area (Å²) in [6.45, 7) is 0.0325. The Labute approximate surface area is 104 Å². The number of anilines is 1. The molecule has 1 aromatic rings. The first kappa shape index (κ1) is 14.1. The van der Waals surface area contributed by atoms with Crippen molar-refractivity contribution in [3.8, 4) is 0 Å². The lowest BCUT2D eigenvalue weighted by Crippen LogP contribution is -2.28. The number of halogens is 2. The first-order chi connectivity index (χ1) is 7.83. The maximum absolute atomic E-state index is 13.1. The van der Waals surface area contributed by atoms with Crippen LogP contribution < -0.4 is 5.32 Å². The Kier molecular flexibility index (Phi) is 4.61. The van der Waals surface area contributed by atoms with Gasteiger partial charge >= 0.3 is 0 Å². The number of rotatable bonds is 5. The number of sulfonamides is 1. The third-order valence-corrected chi connectivity index (χ3v) is 3.94. The zero-order valence-electron chi connectivity index (χ0n) is 9.31. The Balaban J connectivity index is 2.60. The molecule has 0 unspecified atom stereocenters. The van der Waals surface area contributed by atoms with Gasteiger partial charge in [-0.25, -0.2) is 22.1 Å². The van der Waals surface area contributed by atoms with Crippen molar-refractivity contribution in [1.82, 2.24) is 14.3 Å². The summed E-state index contributed by atoms with van der Waals surface area (Å²) in [5.74, 6) is -0.961. The molecule has 6 nitrogen and oxygen atoms in total. The number of hydrogen-bond donors (Lipinski definition) is 1. The zero-order chi connectivity index (χ0) is 13.1. The molecule has 0 saturated heterocycles. The van der Waals surface area contributed by atoms with Gasteiger partial charge in [-0.1, -0.05) is 0 Å². The molecule has 0 spiro atoms. The molecule has 1 rings (SSSR count). The molecule has 0 atom stereocenters. The monoisotopic (exact) mass is 282 g/mol.